The van der Waals surface area contributed by atoms with E-state index in [0.29, 0.717) is 29.4 Å². The number of hydrogen-bond acceptors (Lipinski definition) is 6. The Morgan fingerprint density at radius 1 is 0.921 bits per heavy atom. The summed E-state index contributed by atoms with van der Waals surface area (Å²) in [5.74, 6) is 2.02. The lowest BCUT2D eigenvalue weighted by atomic mass is 9.98. The van der Waals surface area contributed by atoms with Gasteiger partial charge in [-0.15, -0.1) is 0 Å². The number of para-hydroxylation sites is 1. The van der Waals surface area contributed by atoms with Crippen LogP contribution in [0.15, 0.2) is 82.2 Å². The smallest absolute Gasteiger partial charge is 0.277 e. The van der Waals surface area contributed by atoms with E-state index in [-0.39, 0.29) is 29.0 Å². The predicted molar refractivity (Wildman–Crippen MR) is 147 cm³/mol. The summed E-state index contributed by atoms with van der Waals surface area (Å²) in [6, 6.07) is 24.6. The molecule has 0 aliphatic carbocycles. The van der Waals surface area contributed by atoms with Crippen molar-refractivity contribution in [1.82, 2.24) is 0 Å². The van der Waals surface area contributed by atoms with Gasteiger partial charge in [-0.05, 0) is 53.9 Å². The van der Waals surface area contributed by atoms with E-state index in [1.807, 2.05) is 72.8 Å². The predicted octanol–water partition coefficient (Wildman–Crippen LogP) is 6.63. The fourth-order valence-electron chi connectivity index (χ4n) is 4.60. The fraction of sp³-hybridized carbons (Fsp3) is 0.194. The van der Waals surface area contributed by atoms with Crippen molar-refractivity contribution >= 4 is 23.2 Å². The highest BCUT2D eigenvalue weighted by molar-refractivity contribution is 6.54. The number of benzene rings is 3. The second-order valence-electron chi connectivity index (χ2n) is 9.34. The Balaban J connectivity index is 1.71. The van der Waals surface area contributed by atoms with Crippen LogP contribution in [-0.2, 0) is 4.79 Å². The molecule has 4 aromatic rings. The first kappa shape index (κ1) is 24.8. The van der Waals surface area contributed by atoms with Crippen LogP contribution >= 0.6 is 0 Å². The number of nitrogens with zero attached hydrogens (tertiary/aromatic N) is 3. The monoisotopic (exact) mass is 505 g/mol. The van der Waals surface area contributed by atoms with E-state index in [1.54, 1.807) is 19.1 Å². The number of carbonyl (C=O) groups is 1. The third-order valence-corrected chi connectivity index (χ3v) is 6.39. The first-order chi connectivity index (χ1) is 18.4. The number of fused-ring (bicyclic) bond motifs is 1. The maximum Gasteiger partial charge on any atom is 0.277 e. The van der Waals surface area contributed by atoms with Gasteiger partial charge in [0.1, 0.15) is 34.6 Å². The summed E-state index contributed by atoms with van der Waals surface area (Å²) in [6.45, 7) is 4.69. The Morgan fingerprint density at radius 3 is 2.11 bits per heavy atom. The van der Waals surface area contributed by atoms with E-state index in [2.05, 4.69) is 19.9 Å². The van der Waals surface area contributed by atoms with Crippen molar-refractivity contribution in [1.29, 1.82) is 5.26 Å². The summed E-state index contributed by atoms with van der Waals surface area (Å²) in [5.41, 5.74) is 4.14. The standard InChI is InChI=1S/C31H27N3O4/c1-19(2)18-34-26-8-6-5-7-24(26)28(31(34)35)33-30-25(17-32)27(20-9-13-22(36-3)14-10-20)29(38-30)21-11-15-23(37-4)16-12-21/h5-16,19H,18H2,1-4H3. The molecule has 1 amide bonds. The van der Waals surface area contributed by atoms with Gasteiger partial charge in [-0.25, -0.2) is 4.99 Å². The normalized spacial score (nSPS) is 13.6. The third kappa shape index (κ3) is 4.41. The lowest BCUT2D eigenvalue weighted by Crippen LogP contribution is -2.33. The molecule has 1 aliphatic rings. The molecular formula is C31H27N3O4. The number of rotatable bonds is 7. The number of furan rings is 1. The zero-order valence-corrected chi connectivity index (χ0v) is 21.7. The van der Waals surface area contributed by atoms with Crippen LogP contribution in [0.2, 0.25) is 0 Å². The Bertz CT molecular complexity index is 1560. The van der Waals surface area contributed by atoms with E-state index < -0.39 is 0 Å². The van der Waals surface area contributed by atoms with Crippen LogP contribution in [0.1, 0.15) is 25.0 Å². The van der Waals surface area contributed by atoms with Crippen LogP contribution in [0.4, 0.5) is 11.6 Å². The second-order valence-corrected chi connectivity index (χ2v) is 9.34. The van der Waals surface area contributed by atoms with Crippen molar-refractivity contribution in [3.8, 4) is 40.0 Å². The number of amides is 1. The molecule has 1 aliphatic heterocycles. The topological polar surface area (TPSA) is 88.1 Å². The minimum absolute atomic E-state index is 0.0914. The number of hydrogen-bond donors (Lipinski definition) is 0. The van der Waals surface area contributed by atoms with E-state index in [1.165, 1.54) is 0 Å². The number of nitriles is 1. The van der Waals surface area contributed by atoms with Gasteiger partial charge in [-0.1, -0.05) is 44.2 Å². The lowest BCUT2D eigenvalue weighted by Gasteiger charge is -2.18. The fourth-order valence-corrected chi connectivity index (χ4v) is 4.60. The summed E-state index contributed by atoms with van der Waals surface area (Å²) in [4.78, 5) is 20.0. The van der Waals surface area contributed by atoms with Crippen LogP contribution < -0.4 is 14.4 Å². The molecule has 0 saturated carbocycles. The quantitative estimate of drug-likeness (QED) is 0.281. The van der Waals surface area contributed by atoms with Gasteiger partial charge in [0.15, 0.2) is 0 Å². The third-order valence-electron chi connectivity index (χ3n) is 6.39. The second kappa shape index (κ2) is 10.3. The molecule has 0 N–H and O–H groups in total. The largest absolute Gasteiger partial charge is 0.497 e. The SMILES string of the molecule is COc1ccc(-c2oc(N=C3C(=O)N(CC(C)C)c4ccccc43)c(C#N)c2-c2ccc(OC)cc2)cc1. The maximum absolute atomic E-state index is 13.5. The van der Waals surface area contributed by atoms with Crippen molar-refractivity contribution in [3.63, 3.8) is 0 Å². The van der Waals surface area contributed by atoms with Crippen molar-refractivity contribution in [2.45, 2.75) is 13.8 Å². The number of ether oxygens (including phenoxy) is 2. The maximum atomic E-state index is 13.5. The Morgan fingerprint density at radius 2 is 1.53 bits per heavy atom. The van der Waals surface area contributed by atoms with Crippen molar-refractivity contribution in [2.24, 2.45) is 10.9 Å². The van der Waals surface area contributed by atoms with Gasteiger partial charge in [0.05, 0.1) is 19.9 Å². The van der Waals surface area contributed by atoms with Crippen molar-refractivity contribution < 1.29 is 18.7 Å². The molecular weight excluding hydrogens is 478 g/mol. The highest BCUT2D eigenvalue weighted by atomic mass is 16.5. The van der Waals surface area contributed by atoms with Gasteiger partial charge in [-0.2, -0.15) is 5.26 Å². The molecule has 3 aromatic carbocycles. The Labute approximate surface area is 221 Å². The molecule has 7 nitrogen and oxygen atoms in total. The first-order valence-electron chi connectivity index (χ1n) is 12.3. The van der Waals surface area contributed by atoms with Gasteiger partial charge in [0.2, 0.25) is 5.88 Å². The van der Waals surface area contributed by atoms with Crippen LogP contribution in [0.3, 0.4) is 0 Å². The van der Waals surface area contributed by atoms with E-state index in [4.69, 9.17) is 18.9 Å². The van der Waals surface area contributed by atoms with Crippen LogP contribution in [0.25, 0.3) is 22.5 Å². The molecule has 0 radical (unpaired) electrons. The van der Waals surface area contributed by atoms with Crippen LogP contribution in [0.5, 0.6) is 11.5 Å². The average molecular weight is 506 g/mol. The number of methoxy groups -OCH3 is 2. The van der Waals surface area contributed by atoms with Crippen LogP contribution in [0, 0.1) is 17.2 Å². The summed E-state index contributed by atoms with van der Waals surface area (Å²) >= 11 is 0. The summed E-state index contributed by atoms with van der Waals surface area (Å²) in [7, 11) is 3.20. The van der Waals surface area contributed by atoms with Gasteiger partial charge < -0.3 is 18.8 Å². The zero-order chi connectivity index (χ0) is 26.8. The summed E-state index contributed by atoms with van der Waals surface area (Å²) < 4.78 is 16.9. The van der Waals surface area contributed by atoms with Crippen LogP contribution in [-0.4, -0.2) is 32.4 Å². The van der Waals surface area contributed by atoms with E-state index in [9.17, 15) is 10.1 Å². The van der Waals surface area contributed by atoms with Gasteiger partial charge in [0, 0.05) is 23.2 Å². The molecule has 0 atom stereocenters. The van der Waals surface area contributed by atoms with E-state index >= 15 is 0 Å². The number of carbonyl (C=O) groups excluding carboxylic acids is 1. The van der Waals surface area contributed by atoms with Gasteiger partial charge in [0.25, 0.3) is 5.91 Å². The molecule has 1 aromatic heterocycles. The number of anilines is 1. The number of aliphatic imine (C=N–C) groups is 1. The van der Waals surface area contributed by atoms with Gasteiger partial charge in [-0.3, -0.25) is 4.79 Å². The molecule has 0 unspecified atom stereocenters. The minimum atomic E-state index is -0.211. The summed E-state index contributed by atoms with van der Waals surface area (Å²) in [6.07, 6.45) is 0. The average Bonchev–Trinajstić information content (AvgIpc) is 3.44. The molecule has 0 spiro atoms. The van der Waals surface area contributed by atoms with Gasteiger partial charge >= 0.3 is 0 Å². The molecule has 2 heterocycles. The van der Waals surface area contributed by atoms with Crippen molar-refractivity contribution in [3.05, 3.63) is 83.9 Å². The molecule has 7 heteroatoms. The summed E-state index contributed by atoms with van der Waals surface area (Å²) in [5, 5.41) is 10.3. The molecule has 0 fully saturated rings. The molecule has 5 rings (SSSR count). The molecule has 0 bridgehead atoms. The Hall–Kier alpha value is -4.83. The molecule has 38 heavy (non-hydrogen) atoms. The molecule has 190 valence electrons. The highest BCUT2D eigenvalue weighted by Gasteiger charge is 2.35. The minimum Gasteiger partial charge on any atom is -0.497 e. The first-order valence-corrected chi connectivity index (χ1v) is 12.3. The Kier molecular flexibility index (Phi) is 6.71. The van der Waals surface area contributed by atoms with E-state index in [0.717, 1.165) is 22.4 Å². The lowest BCUT2D eigenvalue weighted by molar-refractivity contribution is -0.112. The highest BCUT2D eigenvalue weighted by Crippen LogP contribution is 2.44. The molecule has 0 saturated heterocycles. The van der Waals surface area contributed by atoms with Crippen molar-refractivity contribution in [2.75, 3.05) is 25.7 Å². The zero-order valence-electron chi connectivity index (χ0n) is 21.7.